The lowest BCUT2D eigenvalue weighted by Crippen LogP contribution is -2.01. The number of aromatic nitrogens is 3. The first-order chi connectivity index (χ1) is 8.72. The summed E-state index contributed by atoms with van der Waals surface area (Å²) in [5, 5.41) is 0. The van der Waals surface area contributed by atoms with Gasteiger partial charge in [0.15, 0.2) is 5.78 Å². The van der Waals surface area contributed by atoms with Gasteiger partial charge in [-0.2, -0.15) is 4.98 Å². The van der Waals surface area contributed by atoms with Crippen LogP contribution in [0.3, 0.4) is 0 Å². The molecule has 0 N–H and O–H groups in total. The van der Waals surface area contributed by atoms with E-state index in [1.54, 1.807) is 13.3 Å². The van der Waals surface area contributed by atoms with Crippen molar-refractivity contribution in [2.24, 2.45) is 5.92 Å². The van der Waals surface area contributed by atoms with Crippen molar-refractivity contribution in [1.82, 2.24) is 14.4 Å². The molecule has 3 rings (SSSR count). The van der Waals surface area contributed by atoms with Crippen LogP contribution in [0.5, 0.6) is 5.88 Å². The molecule has 1 saturated carbocycles. The molecule has 0 aromatic carbocycles. The molecule has 1 fully saturated rings. The van der Waals surface area contributed by atoms with Gasteiger partial charge in [0.25, 0.3) is 0 Å². The summed E-state index contributed by atoms with van der Waals surface area (Å²) in [6, 6.07) is 1.88. The van der Waals surface area contributed by atoms with Crippen LogP contribution in [0.25, 0.3) is 5.78 Å². The maximum atomic E-state index is 12.0. The van der Waals surface area contributed by atoms with Gasteiger partial charge in [-0.15, -0.1) is 0 Å². The maximum absolute atomic E-state index is 12.0. The summed E-state index contributed by atoms with van der Waals surface area (Å²) in [5.41, 5.74) is 1.56. The minimum atomic E-state index is 0.140. The van der Waals surface area contributed by atoms with Gasteiger partial charge in [-0.3, -0.25) is 9.20 Å². The Labute approximate surface area is 105 Å². The fourth-order valence-electron chi connectivity index (χ4n) is 2.05. The molecule has 2 aromatic rings. The van der Waals surface area contributed by atoms with Gasteiger partial charge in [0, 0.05) is 23.9 Å². The number of fused-ring (bicyclic) bond motifs is 1. The number of ether oxygens (including phenoxy) is 1. The first-order valence-corrected chi connectivity index (χ1v) is 6.20. The number of aryl methyl sites for hydroxylation is 1. The first-order valence-electron chi connectivity index (χ1n) is 6.20. The highest BCUT2D eigenvalue weighted by atomic mass is 16.5. The second-order valence-corrected chi connectivity index (χ2v) is 4.58. The molecule has 5 nitrogen and oxygen atoms in total. The molecule has 0 amide bonds. The van der Waals surface area contributed by atoms with Crippen LogP contribution < -0.4 is 4.74 Å². The maximum Gasteiger partial charge on any atom is 0.237 e. The SMILES string of the molecule is CCc1cc(OC)nc2nc(C(=O)C3CC3)cn12. The molecule has 0 unspecified atom stereocenters. The predicted molar refractivity (Wildman–Crippen MR) is 66.0 cm³/mol. The van der Waals surface area contributed by atoms with Crippen molar-refractivity contribution >= 4 is 11.6 Å². The number of rotatable bonds is 4. The smallest absolute Gasteiger partial charge is 0.237 e. The minimum absolute atomic E-state index is 0.140. The molecule has 18 heavy (non-hydrogen) atoms. The summed E-state index contributed by atoms with van der Waals surface area (Å²) >= 11 is 0. The van der Waals surface area contributed by atoms with E-state index in [-0.39, 0.29) is 11.7 Å². The number of hydrogen-bond donors (Lipinski definition) is 0. The third-order valence-electron chi connectivity index (χ3n) is 3.27. The van der Waals surface area contributed by atoms with E-state index in [9.17, 15) is 4.79 Å². The Kier molecular flexibility index (Phi) is 2.54. The molecule has 1 aliphatic carbocycles. The van der Waals surface area contributed by atoms with Crippen LogP contribution in [0.4, 0.5) is 0 Å². The molecule has 1 aliphatic rings. The average Bonchev–Trinajstić information content (AvgIpc) is 3.15. The highest BCUT2D eigenvalue weighted by Crippen LogP contribution is 2.32. The Hall–Kier alpha value is -1.91. The molecule has 0 atom stereocenters. The second-order valence-electron chi connectivity index (χ2n) is 4.58. The van der Waals surface area contributed by atoms with Crippen molar-refractivity contribution in [2.45, 2.75) is 26.2 Å². The number of imidazole rings is 1. The van der Waals surface area contributed by atoms with E-state index in [2.05, 4.69) is 16.9 Å². The van der Waals surface area contributed by atoms with Crippen molar-refractivity contribution in [2.75, 3.05) is 7.11 Å². The van der Waals surface area contributed by atoms with E-state index >= 15 is 0 Å². The van der Waals surface area contributed by atoms with Gasteiger partial charge in [-0.1, -0.05) is 6.92 Å². The van der Waals surface area contributed by atoms with Crippen molar-refractivity contribution in [3.63, 3.8) is 0 Å². The van der Waals surface area contributed by atoms with E-state index in [1.165, 1.54) is 0 Å². The van der Waals surface area contributed by atoms with Crippen LogP contribution in [-0.2, 0) is 6.42 Å². The van der Waals surface area contributed by atoms with E-state index in [0.717, 1.165) is 25.0 Å². The fraction of sp³-hybridized carbons (Fsp3) is 0.462. The van der Waals surface area contributed by atoms with Crippen molar-refractivity contribution in [3.05, 3.63) is 23.7 Å². The molecule has 0 spiro atoms. The van der Waals surface area contributed by atoms with Gasteiger partial charge in [0.1, 0.15) is 5.69 Å². The molecule has 0 bridgehead atoms. The van der Waals surface area contributed by atoms with E-state index in [4.69, 9.17) is 4.74 Å². The topological polar surface area (TPSA) is 56.5 Å². The Balaban J connectivity index is 2.12. The fourth-order valence-corrected chi connectivity index (χ4v) is 2.05. The normalized spacial score (nSPS) is 15.0. The molecule has 0 radical (unpaired) electrons. The Morgan fingerprint density at radius 1 is 1.50 bits per heavy atom. The zero-order valence-electron chi connectivity index (χ0n) is 10.5. The van der Waals surface area contributed by atoms with Crippen LogP contribution in [0.1, 0.15) is 35.9 Å². The summed E-state index contributed by atoms with van der Waals surface area (Å²) in [4.78, 5) is 20.6. The number of hydrogen-bond acceptors (Lipinski definition) is 4. The number of methoxy groups -OCH3 is 1. The van der Waals surface area contributed by atoms with E-state index in [0.29, 0.717) is 17.4 Å². The Morgan fingerprint density at radius 2 is 2.28 bits per heavy atom. The summed E-state index contributed by atoms with van der Waals surface area (Å²) < 4.78 is 7.02. The Bertz CT molecular complexity index is 614. The van der Waals surface area contributed by atoms with Crippen LogP contribution in [0.2, 0.25) is 0 Å². The first kappa shape index (κ1) is 11.2. The number of nitrogens with zero attached hydrogens (tertiary/aromatic N) is 3. The van der Waals surface area contributed by atoms with Crippen LogP contribution in [0, 0.1) is 5.92 Å². The quantitative estimate of drug-likeness (QED) is 0.772. The monoisotopic (exact) mass is 245 g/mol. The molecular weight excluding hydrogens is 230 g/mol. The molecule has 94 valence electrons. The van der Waals surface area contributed by atoms with Crippen molar-refractivity contribution < 1.29 is 9.53 Å². The van der Waals surface area contributed by atoms with Crippen LogP contribution in [0.15, 0.2) is 12.3 Å². The summed E-state index contributed by atoms with van der Waals surface area (Å²) in [6.45, 7) is 2.05. The third kappa shape index (κ3) is 1.75. The molecule has 0 saturated heterocycles. The standard InChI is InChI=1S/C13H15N3O2/c1-3-9-6-11(18-2)15-13-14-10(7-16(9)13)12(17)8-4-5-8/h6-8H,3-5H2,1-2H3. The highest BCUT2D eigenvalue weighted by molar-refractivity contribution is 5.98. The van der Waals surface area contributed by atoms with Gasteiger partial charge < -0.3 is 4.74 Å². The second kappa shape index (κ2) is 4.08. The minimum Gasteiger partial charge on any atom is -0.481 e. The van der Waals surface area contributed by atoms with Gasteiger partial charge in [-0.05, 0) is 19.3 Å². The average molecular weight is 245 g/mol. The zero-order chi connectivity index (χ0) is 12.7. The van der Waals surface area contributed by atoms with Gasteiger partial charge in [-0.25, -0.2) is 4.98 Å². The Morgan fingerprint density at radius 3 is 2.89 bits per heavy atom. The lowest BCUT2D eigenvalue weighted by atomic mass is 10.2. The van der Waals surface area contributed by atoms with Crippen LogP contribution >= 0.6 is 0 Å². The lowest BCUT2D eigenvalue weighted by Gasteiger charge is -2.04. The number of Topliss-reactive ketones (excluding diaryl/α,β-unsaturated/α-hetero) is 1. The number of ketones is 1. The van der Waals surface area contributed by atoms with Gasteiger partial charge in [0.2, 0.25) is 11.7 Å². The zero-order valence-corrected chi connectivity index (χ0v) is 10.5. The predicted octanol–water partition coefficient (Wildman–Crippen LogP) is 1.89. The third-order valence-corrected chi connectivity index (χ3v) is 3.27. The van der Waals surface area contributed by atoms with Crippen molar-refractivity contribution in [1.29, 1.82) is 0 Å². The number of carbonyl (C=O) groups is 1. The summed E-state index contributed by atoms with van der Waals surface area (Å²) in [5.74, 6) is 1.40. The van der Waals surface area contributed by atoms with Crippen LogP contribution in [-0.4, -0.2) is 27.3 Å². The molecule has 2 heterocycles. The van der Waals surface area contributed by atoms with E-state index < -0.39 is 0 Å². The molecule has 5 heteroatoms. The van der Waals surface area contributed by atoms with E-state index in [1.807, 2.05) is 10.5 Å². The van der Waals surface area contributed by atoms with Crippen molar-refractivity contribution in [3.8, 4) is 5.88 Å². The summed E-state index contributed by atoms with van der Waals surface area (Å²) in [7, 11) is 1.58. The number of carbonyl (C=O) groups excluding carboxylic acids is 1. The van der Waals surface area contributed by atoms with Gasteiger partial charge >= 0.3 is 0 Å². The molecular formula is C13H15N3O2. The molecule has 0 aliphatic heterocycles. The van der Waals surface area contributed by atoms with Gasteiger partial charge in [0.05, 0.1) is 7.11 Å². The summed E-state index contributed by atoms with van der Waals surface area (Å²) in [6.07, 6.45) is 4.61. The molecule has 2 aromatic heterocycles. The highest BCUT2D eigenvalue weighted by Gasteiger charge is 2.32. The largest absolute Gasteiger partial charge is 0.481 e. The lowest BCUT2D eigenvalue weighted by molar-refractivity contribution is 0.0963.